The van der Waals surface area contributed by atoms with Crippen molar-refractivity contribution in [1.29, 1.82) is 0 Å². The van der Waals surface area contributed by atoms with Gasteiger partial charge in [0.05, 0.1) is 47.3 Å². The Morgan fingerprint density at radius 2 is 1.13 bits per heavy atom. The van der Waals surface area contributed by atoms with Gasteiger partial charge in [0.1, 0.15) is 28.5 Å². The second kappa shape index (κ2) is 23.9. The third-order valence-corrected chi connectivity index (χ3v) is 20.6. The number of phenols is 1. The first-order valence-electron chi connectivity index (χ1n) is 23.7. The molecule has 3 aromatic carbocycles. The third kappa shape index (κ3) is 14.5. The van der Waals surface area contributed by atoms with Crippen molar-refractivity contribution < 1.29 is 47.5 Å². The third-order valence-electron chi connectivity index (χ3n) is 14.4. The number of fused-ring (bicyclic) bond motifs is 2. The summed E-state index contributed by atoms with van der Waals surface area (Å²) in [6.45, 7) is 36.8. The Balaban J connectivity index is 0.000000325. The minimum absolute atomic E-state index is 0. The van der Waals surface area contributed by atoms with Crippen LogP contribution in [0.15, 0.2) is 45.3 Å². The van der Waals surface area contributed by atoms with E-state index in [0.29, 0.717) is 42.7 Å². The van der Waals surface area contributed by atoms with Crippen LogP contribution in [0.1, 0.15) is 190 Å². The Bertz CT molecular complexity index is 2270. The molecule has 3 aliphatic rings. The lowest BCUT2D eigenvalue weighted by molar-refractivity contribution is -0.121. The molecule has 14 heteroatoms. The Hall–Kier alpha value is -3.14. The molecule has 10 nitrogen and oxygen atoms in total. The van der Waals surface area contributed by atoms with Crippen LogP contribution in [0.5, 0.6) is 17.2 Å². The highest BCUT2D eigenvalue weighted by molar-refractivity contribution is 9.10. The van der Waals surface area contributed by atoms with Crippen molar-refractivity contribution in [2.24, 2.45) is 0 Å². The number of carbonyl (C=O) groups excluding carboxylic acids is 4. The summed E-state index contributed by atoms with van der Waals surface area (Å²) in [4.78, 5) is 46.9. The van der Waals surface area contributed by atoms with E-state index >= 15 is 0 Å². The van der Waals surface area contributed by atoms with Crippen LogP contribution in [0.3, 0.4) is 0 Å². The summed E-state index contributed by atoms with van der Waals surface area (Å²) < 4.78 is 32.3. The van der Waals surface area contributed by atoms with Crippen molar-refractivity contribution >= 4 is 75.9 Å². The molecule has 0 aromatic heterocycles. The number of hydrogen-bond acceptors (Lipinski definition) is 10. The van der Waals surface area contributed by atoms with Crippen LogP contribution in [-0.4, -0.2) is 72.7 Å². The molecule has 0 bridgehead atoms. The Morgan fingerprint density at radius 3 is 1.54 bits per heavy atom. The SMILES string of the molecule is C.CC(=O)c1cc(C)c(Br)cc1O.CCC(=O)CO[Si](C)(C)C(C)(C)C.CCC1(CC)CC(=O)c2cc(C)c(B3OC(C)(C)C(C)(C)O3)cc2O1.CCC1(CC)CC(=O)c2cc(C)c(Br)cc2O1. The van der Waals surface area contributed by atoms with E-state index in [1.54, 1.807) is 6.07 Å². The lowest BCUT2D eigenvalue weighted by Crippen LogP contribution is -2.43. The minimum atomic E-state index is -1.70. The second-order valence-corrected chi connectivity index (χ2v) is 27.2. The van der Waals surface area contributed by atoms with Gasteiger partial charge in [-0.2, -0.15) is 0 Å². The molecule has 0 atom stereocenters. The maximum Gasteiger partial charge on any atom is 0.495 e. The summed E-state index contributed by atoms with van der Waals surface area (Å²) in [5.41, 5.74) is 4.22. The molecule has 378 valence electrons. The second-order valence-electron chi connectivity index (χ2n) is 20.7. The number of phenolic OH excluding ortho intramolecular Hbond substituents is 1. The average Bonchev–Trinajstić information content (AvgIpc) is 3.47. The number of Topliss-reactive ketones (excluding diaryl/α,β-unsaturated/α-hetero) is 4. The molecule has 3 heterocycles. The van der Waals surface area contributed by atoms with Crippen LogP contribution in [0.25, 0.3) is 0 Å². The van der Waals surface area contributed by atoms with E-state index in [2.05, 4.69) is 93.4 Å². The van der Waals surface area contributed by atoms with E-state index in [1.807, 2.05) is 79.7 Å². The maximum absolute atomic E-state index is 12.7. The Labute approximate surface area is 427 Å². The number of ether oxygens (including phenoxy) is 2. The molecule has 0 saturated carbocycles. The van der Waals surface area contributed by atoms with Gasteiger partial charge in [-0.25, -0.2) is 0 Å². The number of halogens is 2. The molecular weight excluding hydrogens is 1010 g/mol. The number of ketones is 4. The largest absolute Gasteiger partial charge is 0.507 e. The smallest absolute Gasteiger partial charge is 0.495 e. The molecule has 3 aromatic rings. The Morgan fingerprint density at radius 1 is 0.721 bits per heavy atom. The molecule has 0 spiro atoms. The number of rotatable bonds is 10. The van der Waals surface area contributed by atoms with Crippen molar-refractivity contribution in [3.8, 4) is 17.2 Å². The predicted molar refractivity (Wildman–Crippen MR) is 287 cm³/mol. The molecular formula is C54H81BBr2O10Si. The molecule has 0 amide bonds. The number of hydrogen-bond donors (Lipinski definition) is 1. The highest BCUT2D eigenvalue weighted by Gasteiger charge is 2.52. The van der Waals surface area contributed by atoms with Crippen molar-refractivity contribution in [2.45, 2.75) is 204 Å². The molecule has 0 aliphatic carbocycles. The van der Waals surface area contributed by atoms with Crippen LogP contribution in [0.4, 0.5) is 0 Å². The van der Waals surface area contributed by atoms with Gasteiger partial charge < -0.3 is 28.3 Å². The topological polar surface area (TPSA) is 135 Å². The van der Waals surface area contributed by atoms with Gasteiger partial charge in [0.25, 0.3) is 0 Å². The first-order valence-corrected chi connectivity index (χ1v) is 28.2. The van der Waals surface area contributed by atoms with E-state index in [0.717, 1.165) is 68.1 Å². The van der Waals surface area contributed by atoms with E-state index < -0.39 is 32.2 Å². The maximum atomic E-state index is 12.7. The first kappa shape index (κ1) is 61.0. The lowest BCUT2D eigenvalue weighted by Gasteiger charge is -2.37. The van der Waals surface area contributed by atoms with Crippen LogP contribution < -0.4 is 14.9 Å². The summed E-state index contributed by atoms with van der Waals surface area (Å²) in [6, 6.07) is 10.9. The number of aryl methyl sites for hydroxylation is 3. The van der Waals surface area contributed by atoms with E-state index in [9.17, 15) is 24.3 Å². The van der Waals surface area contributed by atoms with Crippen LogP contribution in [0, 0.1) is 20.8 Å². The number of benzene rings is 3. The molecule has 1 fully saturated rings. The van der Waals surface area contributed by atoms with Gasteiger partial charge in [-0.15, -0.1) is 0 Å². The van der Waals surface area contributed by atoms with Gasteiger partial charge in [-0.1, -0.05) is 100 Å². The highest BCUT2D eigenvalue weighted by Crippen LogP contribution is 2.42. The fourth-order valence-corrected chi connectivity index (χ4v) is 8.94. The van der Waals surface area contributed by atoms with Gasteiger partial charge >= 0.3 is 7.12 Å². The van der Waals surface area contributed by atoms with Gasteiger partial charge in [0, 0.05) is 15.4 Å². The minimum Gasteiger partial charge on any atom is -0.507 e. The molecule has 68 heavy (non-hydrogen) atoms. The number of aromatic hydroxyl groups is 1. The van der Waals surface area contributed by atoms with E-state index in [-0.39, 0.29) is 46.9 Å². The van der Waals surface area contributed by atoms with E-state index in [4.69, 9.17) is 23.2 Å². The number of carbonyl (C=O) groups is 4. The fraction of sp³-hybridized carbons (Fsp3) is 0.593. The van der Waals surface area contributed by atoms with Crippen LogP contribution >= 0.6 is 31.9 Å². The van der Waals surface area contributed by atoms with E-state index in [1.165, 1.54) is 13.0 Å². The normalized spacial score (nSPS) is 17.2. The molecule has 0 radical (unpaired) electrons. The van der Waals surface area contributed by atoms with Crippen molar-refractivity contribution in [3.05, 3.63) is 78.7 Å². The first-order chi connectivity index (χ1) is 30.8. The van der Waals surface area contributed by atoms with Gasteiger partial charge in [-0.3, -0.25) is 19.2 Å². The zero-order valence-electron chi connectivity index (χ0n) is 43.6. The summed E-state index contributed by atoms with van der Waals surface area (Å²) >= 11 is 6.74. The zero-order valence-corrected chi connectivity index (χ0v) is 47.7. The van der Waals surface area contributed by atoms with Crippen molar-refractivity contribution in [3.63, 3.8) is 0 Å². The van der Waals surface area contributed by atoms with Crippen molar-refractivity contribution in [2.75, 3.05) is 6.61 Å². The van der Waals surface area contributed by atoms with Gasteiger partial charge in [0.2, 0.25) is 0 Å². The molecule has 0 unspecified atom stereocenters. The predicted octanol–water partition coefficient (Wildman–Crippen LogP) is 14.4. The summed E-state index contributed by atoms with van der Waals surface area (Å²) in [5, 5.41) is 9.53. The van der Waals surface area contributed by atoms with Gasteiger partial charge in [0.15, 0.2) is 31.5 Å². The average molecular weight is 1090 g/mol. The zero-order chi connectivity index (χ0) is 51.2. The highest BCUT2D eigenvalue weighted by atomic mass is 79.9. The molecule has 1 saturated heterocycles. The summed E-state index contributed by atoms with van der Waals surface area (Å²) in [5.74, 6) is 1.85. The van der Waals surface area contributed by atoms with Crippen LogP contribution in [-0.2, 0) is 18.5 Å². The van der Waals surface area contributed by atoms with Gasteiger partial charge in [-0.05, 0) is 152 Å². The van der Waals surface area contributed by atoms with Crippen molar-refractivity contribution in [1.82, 2.24) is 0 Å². The molecule has 3 aliphatic heterocycles. The monoisotopic (exact) mass is 1090 g/mol. The fourth-order valence-electron chi connectivity index (χ4n) is 7.33. The molecule has 6 rings (SSSR count). The standard InChI is InChI=1S/C20H29BO4.C14H17BrO2.C10H22O2Si.C9H9BrO2.CH4/c1-8-20(9-2)12-16(22)14-10-13(3)15(11-17(14)23-20)21-24-18(4,5)19(6,7)25-21;1-4-14(5-2)8-12(16)10-6-9(3)11(15)7-13(10)17-14;1-7-9(11)8-12-13(5,6)10(2,3)4;1-5-3-7(6(2)11)9(12)4-8(5)10;/h10-11H,8-9,12H2,1-7H3;6-7H,4-5,8H2,1-3H3;7-8H2,1-6H3;3-4,12H,1-2H3;1H4. The van der Waals surface area contributed by atoms with Crippen LogP contribution in [0.2, 0.25) is 18.1 Å². The summed E-state index contributed by atoms with van der Waals surface area (Å²) in [7, 11) is -2.16. The lowest BCUT2D eigenvalue weighted by atomic mass is 9.74. The summed E-state index contributed by atoms with van der Waals surface area (Å²) in [6.07, 6.45) is 4.87. The molecule has 1 N–H and O–H groups in total. The quantitative estimate of drug-likeness (QED) is 0.154. The Kier molecular flexibility index (Phi) is 21.4.